The summed E-state index contributed by atoms with van der Waals surface area (Å²) in [6.45, 7) is 4.08. The van der Waals surface area contributed by atoms with Gasteiger partial charge in [-0.05, 0) is 37.6 Å². The van der Waals surface area contributed by atoms with Crippen molar-refractivity contribution >= 4 is 32.4 Å². The highest BCUT2D eigenvalue weighted by molar-refractivity contribution is 7.92. The van der Waals surface area contributed by atoms with Crippen molar-refractivity contribution in [3.63, 3.8) is 0 Å². The van der Waals surface area contributed by atoms with Crippen molar-refractivity contribution < 1.29 is 12.8 Å². The lowest BCUT2D eigenvalue weighted by Crippen LogP contribution is -2.21. The monoisotopic (exact) mass is 358 g/mol. The van der Waals surface area contributed by atoms with E-state index in [0.29, 0.717) is 28.8 Å². The standard InChI is InChI=1S/C18H18N2O4S/c1-3-19-16-13-9-5-6-10-14(13)24-18(21)17(16)20-25(22,23)15-11-7-4-8-12(15)2/h4-11,19-20H,3H2,1-2H3. The van der Waals surface area contributed by atoms with E-state index >= 15 is 0 Å². The normalized spacial score (nSPS) is 11.4. The lowest BCUT2D eigenvalue weighted by molar-refractivity contribution is 0.563. The highest BCUT2D eigenvalue weighted by Crippen LogP contribution is 2.30. The molecule has 1 heterocycles. The highest BCUT2D eigenvalue weighted by Gasteiger charge is 2.22. The fourth-order valence-electron chi connectivity index (χ4n) is 2.65. The smallest absolute Gasteiger partial charge is 0.363 e. The molecule has 0 saturated heterocycles. The van der Waals surface area contributed by atoms with Gasteiger partial charge in [0.2, 0.25) is 0 Å². The molecular weight excluding hydrogens is 340 g/mol. The molecule has 2 N–H and O–H groups in total. The van der Waals surface area contributed by atoms with Gasteiger partial charge in [-0.15, -0.1) is 0 Å². The Morgan fingerprint density at radius 1 is 1.00 bits per heavy atom. The Morgan fingerprint density at radius 3 is 2.40 bits per heavy atom. The van der Waals surface area contributed by atoms with Crippen LogP contribution in [0.1, 0.15) is 12.5 Å². The van der Waals surface area contributed by atoms with Gasteiger partial charge in [0, 0.05) is 11.9 Å². The molecule has 7 heteroatoms. The fraction of sp³-hybridized carbons (Fsp3) is 0.167. The van der Waals surface area contributed by atoms with E-state index in [-0.39, 0.29) is 10.6 Å². The molecule has 0 amide bonds. The van der Waals surface area contributed by atoms with Crippen molar-refractivity contribution in [2.75, 3.05) is 16.6 Å². The maximum absolute atomic E-state index is 12.7. The molecule has 0 radical (unpaired) electrons. The average molecular weight is 358 g/mol. The third kappa shape index (κ3) is 3.23. The molecule has 0 aliphatic heterocycles. The van der Waals surface area contributed by atoms with Crippen LogP contribution in [0.25, 0.3) is 11.0 Å². The number of anilines is 2. The van der Waals surface area contributed by atoms with Crippen molar-refractivity contribution in [2.24, 2.45) is 0 Å². The van der Waals surface area contributed by atoms with Gasteiger partial charge >= 0.3 is 5.63 Å². The summed E-state index contributed by atoms with van der Waals surface area (Å²) in [5.41, 5.74) is 0.523. The quantitative estimate of drug-likeness (QED) is 0.683. The first-order valence-corrected chi connectivity index (χ1v) is 9.30. The Kier molecular flexibility index (Phi) is 4.50. The highest BCUT2D eigenvalue weighted by atomic mass is 32.2. The molecule has 0 bridgehead atoms. The van der Waals surface area contributed by atoms with Crippen LogP contribution in [0.15, 0.2) is 62.6 Å². The Hall–Kier alpha value is -2.80. The van der Waals surface area contributed by atoms with Crippen molar-refractivity contribution in [1.82, 2.24) is 0 Å². The Morgan fingerprint density at radius 2 is 1.68 bits per heavy atom. The first-order chi connectivity index (χ1) is 11.9. The fourth-order valence-corrected chi connectivity index (χ4v) is 3.96. The number of nitrogens with one attached hydrogen (secondary N) is 2. The van der Waals surface area contributed by atoms with Gasteiger partial charge in [0.05, 0.1) is 10.6 Å². The molecule has 0 fully saturated rings. The van der Waals surface area contributed by atoms with Gasteiger partial charge in [-0.3, -0.25) is 4.72 Å². The summed E-state index contributed by atoms with van der Waals surface area (Å²) in [5.74, 6) is 0. The number of benzene rings is 2. The predicted octanol–water partition coefficient (Wildman–Crippen LogP) is 3.33. The minimum atomic E-state index is -3.93. The zero-order valence-electron chi connectivity index (χ0n) is 13.9. The summed E-state index contributed by atoms with van der Waals surface area (Å²) in [4.78, 5) is 12.5. The third-order valence-electron chi connectivity index (χ3n) is 3.79. The second-order valence-corrected chi connectivity index (χ2v) is 7.19. The van der Waals surface area contributed by atoms with E-state index in [9.17, 15) is 13.2 Å². The molecule has 3 aromatic rings. The topological polar surface area (TPSA) is 88.4 Å². The molecule has 6 nitrogen and oxygen atoms in total. The summed E-state index contributed by atoms with van der Waals surface area (Å²) in [6, 6.07) is 13.5. The van der Waals surface area contributed by atoms with Crippen LogP contribution in [-0.4, -0.2) is 15.0 Å². The minimum absolute atomic E-state index is 0.116. The Balaban J connectivity index is 2.19. The maximum Gasteiger partial charge on any atom is 0.363 e. The molecule has 0 saturated carbocycles. The van der Waals surface area contributed by atoms with Crippen molar-refractivity contribution in [2.45, 2.75) is 18.7 Å². The van der Waals surface area contributed by atoms with Crippen LogP contribution in [0.3, 0.4) is 0 Å². The maximum atomic E-state index is 12.7. The van der Waals surface area contributed by atoms with Crippen LogP contribution in [-0.2, 0) is 10.0 Å². The number of hydrogen-bond donors (Lipinski definition) is 2. The predicted molar refractivity (Wildman–Crippen MR) is 98.6 cm³/mol. The summed E-state index contributed by atoms with van der Waals surface area (Å²) < 4.78 is 33.2. The summed E-state index contributed by atoms with van der Waals surface area (Å²) >= 11 is 0. The number of hydrogen-bond acceptors (Lipinski definition) is 5. The van der Waals surface area contributed by atoms with Crippen LogP contribution in [0.2, 0.25) is 0 Å². The largest absolute Gasteiger partial charge is 0.421 e. The first-order valence-electron chi connectivity index (χ1n) is 7.82. The molecule has 0 aliphatic carbocycles. The van der Waals surface area contributed by atoms with Crippen LogP contribution in [0.5, 0.6) is 0 Å². The van der Waals surface area contributed by atoms with Gasteiger partial charge in [0.25, 0.3) is 10.0 Å². The van der Waals surface area contributed by atoms with Gasteiger partial charge in [-0.2, -0.15) is 0 Å². The summed E-state index contributed by atoms with van der Waals surface area (Å²) in [5, 5.41) is 3.69. The van der Waals surface area contributed by atoms with Gasteiger partial charge in [0.15, 0.2) is 5.69 Å². The lowest BCUT2D eigenvalue weighted by atomic mass is 10.2. The molecule has 25 heavy (non-hydrogen) atoms. The molecule has 0 aliphatic rings. The molecule has 0 unspecified atom stereocenters. The Labute approximate surface area is 145 Å². The third-order valence-corrected chi connectivity index (χ3v) is 5.30. The first kappa shape index (κ1) is 17.0. The number of rotatable bonds is 5. The van der Waals surface area contributed by atoms with Crippen molar-refractivity contribution in [1.29, 1.82) is 0 Å². The second-order valence-electron chi connectivity index (χ2n) is 5.54. The molecule has 130 valence electrons. The minimum Gasteiger partial charge on any atom is -0.421 e. The van der Waals surface area contributed by atoms with Gasteiger partial charge < -0.3 is 9.73 Å². The van der Waals surface area contributed by atoms with E-state index < -0.39 is 15.6 Å². The SMILES string of the molecule is CCNc1c(NS(=O)(=O)c2ccccc2C)c(=O)oc2ccccc12. The molecule has 1 aromatic heterocycles. The van der Waals surface area contributed by atoms with E-state index in [0.717, 1.165) is 0 Å². The van der Waals surface area contributed by atoms with Gasteiger partial charge in [-0.25, -0.2) is 13.2 Å². The van der Waals surface area contributed by atoms with E-state index in [1.54, 1.807) is 49.4 Å². The van der Waals surface area contributed by atoms with Gasteiger partial charge in [-0.1, -0.05) is 30.3 Å². The summed E-state index contributed by atoms with van der Waals surface area (Å²) in [7, 11) is -3.93. The van der Waals surface area contributed by atoms with Crippen LogP contribution in [0.4, 0.5) is 11.4 Å². The molecule has 2 aromatic carbocycles. The van der Waals surface area contributed by atoms with Gasteiger partial charge in [0.1, 0.15) is 5.58 Å². The number of fused-ring (bicyclic) bond motifs is 1. The molecule has 0 atom stereocenters. The number of sulfonamides is 1. The van der Waals surface area contributed by atoms with E-state index in [4.69, 9.17) is 4.42 Å². The second kappa shape index (κ2) is 6.60. The number of aryl methyl sites for hydroxylation is 1. The zero-order chi connectivity index (χ0) is 18.0. The van der Waals surface area contributed by atoms with Crippen molar-refractivity contribution in [3.8, 4) is 0 Å². The molecular formula is C18H18N2O4S. The number of para-hydroxylation sites is 1. The van der Waals surface area contributed by atoms with Crippen LogP contribution in [0, 0.1) is 6.92 Å². The van der Waals surface area contributed by atoms with Crippen molar-refractivity contribution in [3.05, 3.63) is 64.5 Å². The van der Waals surface area contributed by atoms with E-state index in [2.05, 4.69) is 10.0 Å². The Bertz CT molecular complexity index is 1090. The molecule has 0 spiro atoms. The van der Waals surface area contributed by atoms with Crippen LogP contribution >= 0.6 is 0 Å². The van der Waals surface area contributed by atoms with Crippen LogP contribution < -0.4 is 15.7 Å². The zero-order valence-corrected chi connectivity index (χ0v) is 14.7. The lowest BCUT2D eigenvalue weighted by Gasteiger charge is -2.15. The molecule has 3 rings (SSSR count). The average Bonchev–Trinajstić information content (AvgIpc) is 2.58. The van der Waals surface area contributed by atoms with E-state index in [1.807, 2.05) is 6.92 Å². The van der Waals surface area contributed by atoms with E-state index in [1.165, 1.54) is 6.07 Å². The summed E-state index contributed by atoms with van der Waals surface area (Å²) in [6.07, 6.45) is 0.